The highest BCUT2D eigenvalue weighted by Crippen LogP contribution is 2.58. The molecule has 1 aliphatic carbocycles. The summed E-state index contributed by atoms with van der Waals surface area (Å²) in [5, 5.41) is 8.54. The van der Waals surface area contributed by atoms with Crippen molar-refractivity contribution in [3.63, 3.8) is 0 Å². The van der Waals surface area contributed by atoms with Gasteiger partial charge >= 0.3 is 0 Å². The van der Waals surface area contributed by atoms with Crippen molar-refractivity contribution in [3.8, 4) is 39.1 Å². The Morgan fingerprint density at radius 1 is 0.400 bits per heavy atom. The van der Waals surface area contributed by atoms with Crippen LogP contribution < -0.4 is 0 Å². The van der Waals surface area contributed by atoms with Gasteiger partial charge in [0.1, 0.15) is 0 Å². The standard InChI is InChI=1S/C59H37N/c1-4-15-38(16-5-1)45-31-27-39-30-34-49-46(32-28-40-29-33-48(45)55(39)56(40)49)41-17-14-22-44(37-41)60-54-26-13-11-23-47(54)50-35-36-53-57(58(50)60)51-24-10-12-25-52(51)59(53,42-18-6-2-7-19-42)43-20-8-3-9-21-43/h1-37H/i1D,4D,5D,15D,16D. The maximum Gasteiger partial charge on any atom is 0.0714 e. The van der Waals surface area contributed by atoms with E-state index in [2.05, 4.69) is 180 Å². The van der Waals surface area contributed by atoms with E-state index in [1.54, 1.807) is 0 Å². The number of nitrogens with zero attached hydrogens (tertiary/aromatic N) is 1. The van der Waals surface area contributed by atoms with Crippen molar-refractivity contribution in [1.29, 1.82) is 0 Å². The normalized spacial score (nSPS) is 14.3. The smallest absolute Gasteiger partial charge is 0.0714 e. The van der Waals surface area contributed by atoms with E-state index in [0.29, 0.717) is 5.56 Å². The van der Waals surface area contributed by atoms with Crippen LogP contribution in [-0.2, 0) is 5.41 Å². The molecule has 13 rings (SSSR count). The molecule has 12 aromatic rings. The van der Waals surface area contributed by atoms with Crippen LogP contribution in [0.15, 0.2) is 224 Å². The predicted molar refractivity (Wildman–Crippen MR) is 253 cm³/mol. The summed E-state index contributed by atoms with van der Waals surface area (Å²) in [5.41, 5.74) is 13.3. The molecule has 0 aliphatic heterocycles. The van der Waals surface area contributed by atoms with Gasteiger partial charge in [-0.25, -0.2) is 0 Å². The third kappa shape index (κ3) is 4.47. The highest BCUT2D eigenvalue weighted by atomic mass is 15.0. The first kappa shape index (κ1) is 28.6. The lowest BCUT2D eigenvalue weighted by molar-refractivity contribution is 0.769. The van der Waals surface area contributed by atoms with E-state index in [1.807, 2.05) is 18.2 Å². The second-order valence-corrected chi connectivity index (χ2v) is 16.0. The van der Waals surface area contributed by atoms with Gasteiger partial charge in [-0.05, 0) is 101 Å². The van der Waals surface area contributed by atoms with Crippen molar-refractivity contribution < 1.29 is 6.85 Å². The molecule has 278 valence electrons. The Bertz CT molecular complexity index is 3880. The Morgan fingerprint density at radius 2 is 1.00 bits per heavy atom. The lowest BCUT2D eigenvalue weighted by Crippen LogP contribution is -2.28. The molecule has 1 heteroatoms. The van der Waals surface area contributed by atoms with Crippen LogP contribution in [0.1, 0.15) is 29.1 Å². The van der Waals surface area contributed by atoms with Gasteiger partial charge in [0.15, 0.2) is 0 Å². The molecule has 0 unspecified atom stereocenters. The summed E-state index contributed by atoms with van der Waals surface area (Å²) in [6.45, 7) is 0. The molecule has 1 aromatic heterocycles. The molecule has 0 saturated carbocycles. The zero-order valence-corrected chi connectivity index (χ0v) is 32.4. The first-order valence-electron chi connectivity index (χ1n) is 23.0. The van der Waals surface area contributed by atoms with E-state index < -0.39 is 11.5 Å². The van der Waals surface area contributed by atoms with Crippen LogP contribution >= 0.6 is 0 Å². The summed E-state index contributed by atoms with van der Waals surface area (Å²) in [7, 11) is 0. The third-order valence-electron chi connectivity index (χ3n) is 13.1. The first-order chi connectivity index (χ1) is 31.9. The van der Waals surface area contributed by atoms with Crippen molar-refractivity contribution >= 4 is 54.1 Å². The van der Waals surface area contributed by atoms with Crippen LogP contribution in [-0.4, -0.2) is 4.57 Å². The third-order valence-corrected chi connectivity index (χ3v) is 13.1. The topological polar surface area (TPSA) is 4.93 Å². The van der Waals surface area contributed by atoms with Gasteiger partial charge < -0.3 is 4.57 Å². The quantitative estimate of drug-likeness (QED) is 0.154. The largest absolute Gasteiger partial charge is 0.309 e. The highest BCUT2D eigenvalue weighted by molar-refractivity contribution is 6.27. The Morgan fingerprint density at radius 3 is 1.72 bits per heavy atom. The van der Waals surface area contributed by atoms with E-state index in [0.717, 1.165) is 54.6 Å². The van der Waals surface area contributed by atoms with Gasteiger partial charge in [0.05, 0.1) is 23.3 Å². The van der Waals surface area contributed by atoms with Gasteiger partial charge in [0.25, 0.3) is 0 Å². The van der Waals surface area contributed by atoms with E-state index in [9.17, 15) is 0 Å². The summed E-state index contributed by atoms with van der Waals surface area (Å²) < 4.78 is 45.2. The number of hydrogen-bond donors (Lipinski definition) is 0. The zero-order chi connectivity index (χ0) is 43.7. The summed E-state index contributed by atoms with van der Waals surface area (Å²) in [6.07, 6.45) is 0. The fourth-order valence-electron chi connectivity index (χ4n) is 10.7. The molecular weight excluding hydrogens is 723 g/mol. The van der Waals surface area contributed by atoms with Gasteiger partial charge in [-0.1, -0.05) is 206 Å². The summed E-state index contributed by atoms with van der Waals surface area (Å²) in [4.78, 5) is 0. The molecule has 1 aliphatic rings. The van der Waals surface area contributed by atoms with E-state index in [1.165, 1.54) is 49.7 Å². The number of hydrogen-bond acceptors (Lipinski definition) is 0. The molecule has 1 heterocycles. The molecule has 0 bridgehead atoms. The molecule has 0 N–H and O–H groups in total. The molecule has 0 atom stereocenters. The second-order valence-electron chi connectivity index (χ2n) is 16.0. The summed E-state index contributed by atoms with van der Waals surface area (Å²) >= 11 is 0. The molecule has 0 fully saturated rings. The zero-order valence-electron chi connectivity index (χ0n) is 37.4. The maximum atomic E-state index is 8.83. The fraction of sp³-hybridized carbons (Fsp3) is 0.0169. The van der Waals surface area contributed by atoms with E-state index >= 15 is 0 Å². The summed E-state index contributed by atoms with van der Waals surface area (Å²) in [6, 6.07) is 68.5. The summed E-state index contributed by atoms with van der Waals surface area (Å²) in [5.74, 6) is 0. The molecule has 0 spiro atoms. The van der Waals surface area contributed by atoms with E-state index in [4.69, 9.17) is 6.85 Å². The molecule has 60 heavy (non-hydrogen) atoms. The lowest BCUT2D eigenvalue weighted by Gasteiger charge is -2.33. The monoisotopic (exact) mass is 764 g/mol. The minimum atomic E-state index is -0.532. The highest BCUT2D eigenvalue weighted by Gasteiger charge is 2.47. The van der Waals surface area contributed by atoms with Gasteiger partial charge in [-0.3, -0.25) is 0 Å². The van der Waals surface area contributed by atoms with Crippen LogP contribution in [0.2, 0.25) is 0 Å². The minimum absolute atomic E-state index is 0.200. The Kier molecular flexibility index (Phi) is 6.03. The molecule has 0 saturated heterocycles. The second kappa shape index (κ2) is 12.6. The number of benzene rings is 11. The van der Waals surface area contributed by atoms with Crippen molar-refractivity contribution in [1.82, 2.24) is 4.57 Å². The van der Waals surface area contributed by atoms with Crippen LogP contribution in [0.25, 0.3) is 93.2 Å². The van der Waals surface area contributed by atoms with Crippen molar-refractivity contribution in [2.45, 2.75) is 5.41 Å². The predicted octanol–water partition coefficient (Wildman–Crippen LogP) is 15.4. The van der Waals surface area contributed by atoms with Crippen LogP contribution in [0.4, 0.5) is 0 Å². The Hall–Kier alpha value is -7.74. The van der Waals surface area contributed by atoms with Gasteiger partial charge in [0.2, 0.25) is 0 Å². The Labute approximate surface area is 355 Å². The molecule has 0 amide bonds. The van der Waals surface area contributed by atoms with Crippen LogP contribution in [0.5, 0.6) is 0 Å². The number of para-hydroxylation sites is 1. The van der Waals surface area contributed by atoms with E-state index in [-0.39, 0.29) is 29.7 Å². The fourth-order valence-corrected chi connectivity index (χ4v) is 10.7. The first-order valence-corrected chi connectivity index (χ1v) is 20.5. The SMILES string of the molecule is [2H]c1c([2H])c([2H])c(-c2ccc3ccc4c(-c5cccc(-n6c7ccccc7c7ccc8c(c76)-c6ccccc6C8(c6ccccc6)c6ccccc6)c5)ccc5ccc2c3c54)c([2H])c1[2H]. The number of fused-ring (bicyclic) bond motifs is 7. The van der Waals surface area contributed by atoms with Gasteiger partial charge in [-0.15, -0.1) is 0 Å². The maximum absolute atomic E-state index is 8.83. The van der Waals surface area contributed by atoms with Crippen molar-refractivity contribution in [3.05, 3.63) is 247 Å². The molecule has 0 radical (unpaired) electrons. The molecule has 11 aromatic carbocycles. The molecular formula is C59H37N. The van der Waals surface area contributed by atoms with Gasteiger partial charge in [0, 0.05) is 22.0 Å². The number of rotatable bonds is 5. The Balaban J connectivity index is 1.07. The van der Waals surface area contributed by atoms with Crippen LogP contribution in [0, 0.1) is 0 Å². The average Bonchev–Trinajstić information content (AvgIpc) is 3.86. The molecule has 1 nitrogen and oxygen atoms in total. The lowest BCUT2D eigenvalue weighted by atomic mass is 9.67. The number of aromatic nitrogens is 1. The van der Waals surface area contributed by atoms with Crippen molar-refractivity contribution in [2.75, 3.05) is 0 Å². The van der Waals surface area contributed by atoms with Gasteiger partial charge in [-0.2, -0.15) is 0 Å². The average molecular weight is 765 g/mol. The van der Waals surface area contributed by atoms with Crippen molar-refractivity contribution in [2.24, 2.45) is 0 Å². The van der Waals surface area contributed by atoms with Crippen LogP contribution in [0.3, 0.4) is 0 Å². The minimum Gasteiger partial charge on any atom is -0.309 e.